The first kappa shape index (κ1) is 15.0. The van der Waals surface area contributed by atoms with Crippen LogP contribution in [0.2, 0.25) is 0 Å². The van der Waals surface area contributed by atoms with Gasteiger partial charge in [-0.15, -0.1) is 0 Å². The van der Waals surface area contributed by atoms with E-state index in [0.29, 0.717) is 6.67 Å². The summed E-state index contributed by atoms with van der Waals surface area (Å²) >= 11 is 0. The Balaban J connectivity index is 1.71. The van der Waals surface area contributed by atoms with Crippen molar-refractivity contribution >= 4 is 5.91 Å². The fourth-order valence-corrected chi connectivity index (χ4v) is 2.53. The number of ether oxygens (including phenoxy) is 1. The van der Waals surface area contributed by atoms with Crippen molar-refractivity contribution in [3.05, 3.63) is 35.9 Å². The third kappa shape index (κ3) is 4.32. The van der Waals surface area contributed by atoms with Gasteiger partial charge in [0.05, 0.1) is 12.7 Å². The number of carbonyl (C=O) groups is 1. The Morgan fingerprint density at radius 2 is 2.10 bits per heavy atom. The van der Waals surface area contributed by atoms with Gasteiger partial charge in [-0.2, -0.15) is 0 Å². The van der Waals surface area contributed by atoms with Crippen molar-refractivity contribution in [2.24, 2.45) is 0 Å². The van der Waals surface area contributed by atoms with Crippen LogP contribution in [-0.2, 0) is 16.0 Å². The Morgan fingerprint density at radius 1 is 1.30 bits per heavy atom. The number of nitrogens with zero attached hydrogens (tertiary/aromatic N) is 1. The first-order valence-corrected chi connectivity index (χ1v) is 7.36. The van der Waals surface area contributed by atoms with E-state index >= 15 is 0 Å². The van der Waals surface area contributed by atoms with Crippen molar-refractivity contribution in [1.82, 2.24) is 10.2 Å². The van der Waals surface area contributed by atoms with Crippen LogP contribution < -0.4 is 5.32 Å². The third-order valence-electron chi connectivity index (χ3n) is 3.73. The molecule has 0 saturated carbocycles. The molecule has 0 aromatic heterocycles. The molecule has 0 spiro atoms. The van der Waals surface area contributed by atoms with Crippen LogP contribution in [-0.4, -0.2) is 43.8 Å². The molecule has 1 amide bonds. The van der Waals surface area contributed by atoms with Crippen LogP contribution in [0.5, 0.6) is 0 Å². The highest BCUT2D eigenvalue weighted by atomic mass is 16.5. The van der Waals surface area contributed by atoms with Gasteiger partial charge in [-0.05, 0) is 31.2 Å². The highest BCUT2D eigenvalue weighted by Gasteiger charge is 2.29. The zero-order chi connectivity index (χ0) is 14.2. The number of aryl methyl sites for hydroxylation is 1. The summed E-state index contributed by atoms with van der Waals surface area (Å²) in [6, 6.07) is 10.3. The summed E-state index contributed by atoms with van der Waals surface area (Å²) in [7, 11) is 1.71. The lowest BCUT2D eigenvalue weighted by Gasteiger charge is -2.15. The van der Waals surface area contributed by atoms with E-state index in [9.17, 15) is 4.79 Å². The molecule has 0 aliphatic carbocycles. The Morgan fingerprint density at radius 3 is 2.85 bits per heavy atom. The fourth-order valence-electron chi connectivity index (χ4n) is 2.53. The van der Waals surface area contributed by atoms with Crippen molar-refractivity contribution in [2.75, 3.05) is 26.9 Å². The molecular formula is C16H24N2O2. The van der Waals surface area contributed by atoms with Crippen LogP contribution in [0, 0.1) is 0 Å². The van der Waals surface area contributed by atoms with Gasteiger partial charge in [-0.25, -0.2) is 0 Å². The first-order valence-electron chi connectivity index (χ1n) is 7.36. The molecule has 1 aromatic carbocycles. The molecule has 4 nitrogen and oxygen atoms in total. The molecule has 2 rings (SSSR count). The summed E-state index contributed by atoms with van der Waals surface area (Å²) in [6.45, 7) is 2.29. The molecule has 1 N–H and O–H groups in total. The highest BCUT2D eigenvalue weighted by Crippen LogP contribution is 2.12. The van der Waals surface area contributed by atoms with Crippen LogP contribution in [0.4, 0.5) is 0 Å². The molecule has 1 aromatic rings. The second-order valence-electron chi connectivity index (χ2n) is 5.24. The number of rotatable bonds is 8. The smallest absolute Gasteiger partial charge is 0.240 e. The molecule has 1 fully saturated rings. The summed E-state index contributed by atoms with van der Waals surface area (Å²) in [5, 5.41) is 3.31. The van der Waals surface area contributed by atoms with E-state index in [1.807, 2.05) is 23.1 Å². The van der Waals surface area contributed by atoms with Gasteiger partial charge in [0.1, 0.15) is 0 Å². The maximum absolute atomic E-state index is 12.2. The van der Waals surface area contributed by atoms with Gasteiger partial charge < -0.3 is 9.64 Å². The number of benzene rings is 1. The molecule has 1 heterocycles. The van der Waals surface area contributed by atoms with Gasteiger partial charge in [0.15, 0.2) is 0 Å². The lowest BCUT2D eigenvalue weighted by molar-refractivity contribution is -0.129. The zero-order valence-electron chi connectivity index (χ0n) is 12.2. The number of hydrogen-bond acceptors (Lipinski definition) is 3. The molecule has 0 bridgehead atoms. The van der Waals surface area contributed by atoms with Crippen molar-refractivity contribution in [3.8, 4) is 0 Å². The van der Waals surface area contributed by atoms with Gasteiger partial charge in [0.2, 0.25) is 5.91 Å². The minimum atomic E-state index is -0.0161. The number of carbonyl (C=O) groups excluding carboxylic acids is 1. The standard InChI is InChI=1S/C16H24N2O2/c1-20-12-6-5-11-18-13-17-15(16(18)19)10-9-14-7-3-2-4-8-14/h2-4,7-8,15,17H,5-6,9-13H2,1H3. The normalized spacial score (nSPS) is 18.8. The zero-order valence-corrected chi connectivity index (χ0v) is 12.2. The fraction of sp³-hybridized carbons (Fsp3) is 0.562. The van der Waals surface area contributed by atoms with Crippen LogP contribution in [0.15, 0.2) is 30.3 Å². The summed E-state index contributed by atoms with van der Waals surface area (Å²) in [5.41, 5.74) is 1.29. The van der Waals surface area contributed by atoms with E-state index < -0.39 is 0 Å². The number of unbranched alkanes of at least 4 members (excludes halogenated alkanes) is 1. The number of methoxy groups -OCH3 is 1. The van der Waals surface area contributed by atoms with Crippen molar-refractivity contribution in [1.29, 1.82) is 0 Å². The highest BCUT2D eigenvalue weighted by molar-refractivity contribution is 5.83. The Kier molecular flexibility index (Phi) is 6.02. The van der Waals surface area contributed by atoms with Gasteiger partial charge in [-0.1, -0.05) is 30.3 Å². The van der Waals surface area contributed by atoms with E-state index in [0.717, 1.165) is 38.8 Å². The van der Waals surface area contributed by atoms with E-state index in [2.05, 4.69) is 17.4 Å². The molecule has 1 atom stereocenters. The summed E-state index contributed by atoms with van der Waals surface area (Å²) in [6.07, 6.45) is 3.83. The number of nitrogens with one attached hydrogen (secondary N) is 1. The second kappa shape index (κ2) is 8.02. The van der Waals surface area contributed by atoms with Crippen LogP contribution in [0.1, 0.15) is 24.8 Å². The molecule has 1 unspecified atom stereocenters. The van der Waals surface area contributed by atoms with E-state index in [1.54, 1.807) is 7.11 Å². The Hall–Kier alpha value is -1.39. The Labute approximate surface area is 121 Å². The second-order valence-corrected chi connectivity index (χ2v) is 5.24. The molecule has 20 heavy (non-hydrogen) atoms. The monoisotopic (exact) mass is 276 g/mol. The maximum atomic E-state index is 12.2. The average Bonchev–Trinajstić information content (AvgIpc) is 2.83. The number of hydrogen-bond donors (Lipinski definition) is 1. The largest absolute Gasteiger partial charge is 0.385 e. The Bertz CT molecular complexity index is 408. The summed E-state index contributed by atoms with van der Waals surface area (Å²) in [4.78, 5) is 14.1. The summed E-state index contributed by atoms with van der Waals surface area (Å²) < 4.78 is 5.02. The molecule has 1 aliphatic heterocycles. The van der Waals surface area contributed by atoms with E-state index in [1.165, 1.54) is 5.56 Å². The van der Waals surface area contributed by atoms with Gasteiger partial charge in [0.25, 0.3) is 0 Å². The first-order chi connectivity index (χ1) is 9.81. The molecule has 110 valence electrons. The predicted molar refractivity (Wildman–Crippen MR) is 79.4 cm³/mol. The van der Waals surface area contributed by atoms with Crippen molar-refractivity contribution in [2.45, 2.75) is 31.7 Å². The number of amides is 1. The quantitative estimate of drug-likeness (QED) is 0.736. The topological polar surface area (TPSA) is 41.6 Å². The maximum Gasteiger partial charge on any atom is 0.240 e. The average molecular weight is 276 g/mol. The van der Waals surface area contributed by atoms with E-state index in [-0.39, 0.29) is 11.9 Å². The minimum Gasteiger partial charge on any atom is -0.385 e. The van der Waals surface area contributed by atoms with Gasteiger partial charge >= 0.3 is 0 Å². The lowest BCUT2D eigenvalue weighted by atomic mass is 10.1. The predicted octanol–water partition coefficient (Wildman–Crippen LogP) is 1.80. The molecular weight excluding hydrogens is 252 g/mol. The van der Waals surface area contributed by atoms with Gasteiger partial charge in [-0.3, -0.25) is 10.1 Å². The molecule has 0 radical (unpaired) electrons. The van der Waals surface area contributed by atoms with Crippen LogP contribution in [0.25, 0.3) is 0 Å². The molecule has 1 aliphatic rings. The third-order valence-corrected chi connectivity index (χ3v) is 3.73. The summed E-state index contributed by atoms with van der Waals surface area (Å²) in [5.74, 6) is 0.248. The molecule has 4 heteroatoms. The van der Waals surface area contributed by atoms with Crippen LogP contribution >= 0.6 is 0 Å². The van der Waals surface area contributed by atoms with Crippen molar-refractivity contribution in [3.63, 3.8) is 0 Å². The minimum absolute atomic E-state index is 0.0161. The SMILES string of the molecule is COCCCCN1CNC(CCc2ccccc2)C1=O. The van der Waals surface area contributed by atoms with Crippen LogP contribution in [0.3, 0.4) is 0 Å². The molecule has 1 saturated heterocycles. The van der Waals surface area contributed by atoms with E-state index in [4.69, 9.17) is 4.74 Å². The lowest BCUT2D eigenvalue weighted by Crippen LogP contribution is -2.31. The van der Waals surface area contributed by atoms with Gasteiger partial charge in [0, 0.05) is 20.3 Å². The van der Waals surface area contributed by atoms with Crippen molar-refractivity contribution < 1.29 is 9.53 Å².